The number of ether oxygens (including phenoxy) is 2. The van der Waals surface area contributed by atoms with Gasteiger partial charge in [-0.1, -0.05) is 30.3 Å². The first-order chi connectivity index (χ1) is 18.9. The number of benzene rings is 2. The lowest BCUT2D eigenvalue weighted by molar-refractivity contribution is -0.133. The summed E-state index contributed by atoms with van der Waals surface area (Å²) in [7, 11) is -2.47. The zero-order chi connectivity index (χ0) is 27.7. The Morgan fingerprint density at radius 2 is 1.73 bits per heavy atom. The summed E-state index contributed by atoms with van der Waals surface area (Å²) in [6.07, 6.45) is 5.41. The molecule has 3 aromatic rings. The van der Waals surface area contributed by atoms with Crippen molar-refractivity contribution >= 4 is 28.2 Å². The summed E-state index contributed by atoms with van der Waals surface area (Å²) in [5.41, 5.74) is 4.89. The lowest BCUT2D eigenvalue weighted by Gasteiger charge is -2.39. The summed E-state index contributed by atoms with van der Waals surface area (Å²) < 4.78 is 36.5. The molecule has 1 aliphatic heterocycles. The third-order valence-electron chi connectivity index (χ3n) is 7.22. The van der Waals surface area contributed by atoms with Gasteiger partial charge in [0.15, 0.2) is 14.6 Å². The highest BCUT2D eigenvalue weighted by Gasteiger charge is 2.52. The van der Waals surface area contributed by atoms with Crippen LogP contribution in [0.3, 0.4) is 0 Å². The van der Waals surface area contributed by atoms with E-state index in [1.54, 1.807) is 24.7 Å². The van der Waals surface area contributed by atoms with Crippen molar-refractivity contribution in [1.29, 1.82) is 0 Å². The summed E-state index contributed by atoms with van der Waals surface area (Å²) in [4.78, 5) is 19.1. The first-order valence-electron chi connectivity index (χ1n) is 13.0. The lowest BCUT2D eigenvalue weighted by Crippen LogP contribution is -2.57. The number of carbonyl (C=O) groups excluding carboxylic acids is 1. The van der Waals surface area contributed by atoms with E-state index in [0.717, 1.165) is 29.5 Å². The molecule has 40 heavy (non-hydrogen) atoms. The zero-order valence-electron chi connectivity index (χ0n) is 22.5. The molecular weight excluding hydrogens is 554 g/mol. The first-order valence-corrected chi connectivity index (χ1v) is 14.5. The van der Waals surface area contributed by atoms with E-state index >= 15 is 0 Å². The number of rotatable bonds is 12. The van der Waals surface area contributed by atoms with Crippen molar-refractivity contribution in [2.75, 3.05) is 40.0 Å². The van der Waals surface area contributed by atoms with Crippen LogP contribution in [0.4, 0.5) is 0 Å². The molecule has 0 unspecified atom stereocenters. The number of methoxy groups -OCH3 is 1. The molecule has 2 N–H and O–H groups in total. The largest absolute Gasteiger partial charge is 0.494 e. The summed E-state index contributed by atoms with van der Waals surface area (Å²) in [6.45, 7) is 2.43. The molecule has 1 saturated heterocycles. The number of halogens is 1. The Kier molecular flexibility index (Phi) is 11.5. The zero-order valence-corrected chi connectivity index (χ0v) is 24.1. The molecule has 0 bridgehead atoms. The van der Waals surface area contributed by atoms with E-state index in [9.17, 15) is 18.4 Å². The van der Waals surface area contributed by atoms with Crippen LogP contribution in [0.1, 0.15) is 24.8 Å². The number of amides is 1. The number of hydrogen-bond acceptors (Lipinski definition) is 8. The SMILES string of the molecule is COCCN1CCC(C(=O)NO)(S(=O)(=O)c2ccc(OCCCc3cncc(-c4ccccc4)c3)cc2)CC1.Cl. The molecule has 11 heteroatoms. The van der Waals surface area contributed by atoms with Crippen LogP contribution in [0.2, 0.25) is 0 Å². The van der Waals surface area contributed by atoms with Gasteiger partial charge in [-0.2, -0.15) is 0 Å². The highest BCUT2D eigenvalue weighted by atomic mass is 35.5. The predicted molar refractivity (Wildman–Crippen MR) is 155 cm³/mol. The van der Waals surface area contributed by atoms with Gasteiger partial charge >= 0.3 is 0 Å². The average Bonchev–Trinajstić information content (AvgIpc) is 2.99. The number of hydroxylamine groups is 1. The quantitative estimate of drug-likeness (QED) is 0.185. The molecule has 216 valence electrons. The van der Waals surface area contributed by atoms with E-state index in [0.29, 0.717) is 38.6 Å². The molecule has 0 atom stereocenters. The Balaban J connectivity index is 0.00000441. The standard InChI is InChI=1S/C29H35N3O6S.ClH/c1-37-19-17-32-15-13-29(14-16-32,28(33)31-34)39(35,36)27-11-9-26(10-12-27)38-18-5-6-23-20-25(22-30-21-23)24-7-3-2-4-8-24;/h2-4,7-12,20-22,34H,5-6,13-19H2,1H3,(H,31,33);1H. The minimum Gasteiger partial charge on any atom is -0.494 e. The van der Waals surface area contributed by atoms with Crippen molar-refractivity contribution in [2.45, 2.75) is 35.3 Å². The Morgan fingerprint density at radius 1 is 1.02 bits per heavy atom. The van der Waals surface area contributed by atoms with Gasteiger partial charge in [0.2, 0.25) is 0 Å². The third kappa shape index (κ3) is 7.18. The molecule has 9 nitrogen and oxygen atoms in total. The molecule has 0 aliphatic carbocycles. The monoisotopic (exact) mass is 589 g/mol. The Hall–Kier alpha value is -3.02. The van der Waals surface area contributed by atoms with Crippen LogP contribution in [0.5, 0.6) is 5.75 Å². The van der Waals surface area contributed by atoms with Crippen LogP contribution in [0, 0.1) is 0 Å². The lowest BCUT2D eigenvalue weighted by atomic mass is 9.95. The van der Waals surface area contributed by atoms with Crippen LogP contribution in [0.15, 0.2) is 78.0 Å². The van der Waals surface area contributed by atoms with E-state index in [4.69, 9.17) is 9.47 Å². The van der Waals surface area contributed by atoms with Gasteiger partial charge in [-0.05, 0) is 67.1 Å². The number of aromatic nitrogens is 1. The highest BCUT2D eigenvalue weighted by molar-refractivity contribution is 7.93. The topological polar surface area (TPSA) is 118 Å². The average molecular weight is 590 g/mol. The summed E-state index contributed by atoms with van der Waals surface area (Å²) in [5.74, 6) is -0.361. The predicted octanol–water partition coefficient (Wildman–Crippen LogP) is 3.94. The molecule has 1 amide bonds. The van der Waals surface area contributed by atoms with Crippen LogP contribution in [-0.4, -0.2) is 74.1 Å². The van der Waals surface area contributed by atoms with Crippen molar-refractivity contribution in [3.63, 3.8) is 0 Å². The first kappa shape index (κ1) is 31.5. The van der Waals surface area contributed by atoms with Crippen LogP contribution in [0.25, 0.3) is 11.1 Å². The number of hydrogen-bond donors (Lipinski definition) is 2. The minimum atomic E-state index is -4.08. The van der Waals surface area contributed by atoms with Crippen molar-refractivity contribution < 1.29 is 27.9 Å². The summed E-state index contributed by atoms with van der Waals surface area (Å²) in [6, 6.07) is 18.3. The molecular formula is C29H36ClN3O6S. The Bertz CT molecular complexity index is 1330. The summed E-state index contributed by atoms with van der Waals surface area (Å²) >= 11 is 0. The number of piperidine rings is 1. The van der Waals surface area contributed by atoms with Crippen LogP contribution >= 0.6 is 12.4 Å². The Labute approximate surface area is 241 Å². The van der Waals surface area contributed by atoms with Gasteiger partial charge in [0.05, 0.1) is 18.1 Å². The van der Waals surface area contributed by atoms with Gasteiger partial charge in [-0.25, -0.2) is 13.9 Å². The fraction of sp³-hybridized carbons (Fsp3) is 0.379. The molecule has 1 fully saturated rings. The number of aryl methyl sites for hydroxylation is 1. The van der Waals surface area contributed by atoms with Gasteiger partial charge in [-0.15, -0.1) is 12.4 Å². The van der Waals surface area contributed by atoms with Gasteiger partial charge in [0.25, 0.3) is 5.91 Å². The van der Waals surface area contributed by atoms with E-state index in [1.165, 1.54) is 12.1 Å². The van der Waals surface area contributed by atoms with Crippen molar-refractivity contribution in [1.82, 2.24) is 15.4 Å². The van der Waals surface area contributed by atoms with Crippen LogP contribution < -0.4 is 10.2 Å². The maximum absolute atomic E-state index is 13.6. The highest BCUT2D eigenvalue weighted by Crippen LogP contribution is 2.36. The smallest absolute Gasteiger partial charge is 0.265 e. The number of nitrogens with zero attached hydrogens (tertiary/aromatic N) is 2. The molecule has 1 aliphatic rings. The van der Waals surface area contributed by atoms with Crippen molar-refractivity contribution in [3.05, 3.63) is 78.6 Å². The van der Waals surface area contributed by atoms with Gasteiger partial charge in [-0.3, -0.25) is 15.0 Å². The molecule has 4 rings (SSSR count). The van der Waals surface area contributed by atoms with E-state index < -0.39 is 20.5 Å². The molecule has 0 spiro atoms. The number of carbonyl (C=O) groups is 1. The molecule has 0 radical (unpaired) electrons. The van der Waals surface area contributed by atoms with E-state index in [2.05, 4.69) is 23.2 Å². The minimum absolute atomic E-state index is 0. The second-order valence-corrected chi connectivity index (χ2v) is 11.9. The Morgan fingerprint density at radius 3 is 2.38 bits per heavy atom. The molecule has 1 aromatic heterocycles. The third-order valence-corrected chi connectivity index (χ3v) is 9.73. The maximum Gasteiger partial charge on any atom is 0.265 e. The van der Waals surface area contributed by atoms with Gasteiger partial charge in [0.1, 0.15) is 5.75 Å². The maximum atomic E-state index is 13.6. The number of sulfone groups is 1. The normalized spacial score (nSPS) is 15.2. The number of likely N-dealkylation sites (tertiary alicyclic amines) is 1. The molecule has 0 saturated carbocycles. The van der Waals surface area contributed by atoms with Crippen LogP contribution in [-0.2, 0) is 25.8 Å². The van der Waals surface area contributed by atoms with E-state index in [1.807, 2.05) is 35.5 Å². The van der Waals surface area contributed by atoms with Crippen molar-refractivity contribution in [3.8, 4) is 16.9 Å². The fourth-order valence-electron chi connectivity index (χ4n) is 4.90. The fourth-order valence-corrected chi connectivity index (χ4v) is 6.85. The summed E-state index contributed by atoms with van der Waals surface area (Å²) in [5, 5.41) is 9.37. The molecule has 2 heterocycles. The number of nitrogens with one attached hydrogen (secondary N) is 1. The number of pyridine rings is 1. The van der Waals surface area contributed by atoms with E-state index in [-0.39, 0.29) is 30.1 Å². The molecule has 2 aromatic carbocycles. The second-order valence-electron chi connectivity index (χ2n) is 9.64. The van der Waals surface area contributed by atoms with Gasteiger partial charge in [0, 0.05) is 44.7 Å². The van der Waals surface area contributed by atoms with Gasteiger partial charge < -0.3 is 14.4 Å². The van der Waals surface area contributed by atoms with Crippen molar-refractivity contribution in [2.24, 2.45) is 0 Å². The second kappa shape index (κ2) is 14.6.